The van der Waals surface area contributed by atoms with Crippen molar-refractivity contribution in [3.8, 4) is 0 Å². The summed E-state index contributed by atoms with van der Waals surface area (Å²) in [5.41, 5.74) is 1.15. The molecule has 1 aliphatic carbocycles. The maximum atomic E-state index is 11.4. The van der Waals surface area contributed by atoms with Crippen LogP contribution in [0.3, 0.4) is 0 Å². The Kier molecular flexibility index (Phi) is 2.83. The molecule has 12 heavy (non-hydrogen) atoms. The van der Waals surface area contributed by atoms with Crippen LogP contribution in [-0.2, 0) is 9.53 Å². The third-order valence-electron chi connectivity index (χ3n) is 2.11. The highest BCUT2D eigenvalue weighted by molar-refractivity contribution is 8.00. The standard InChI is InChI=1S/C9H14O2S/c1-4-11-8(10)9(12-3)5-7(2)6-9/h2,4-6H2,1,3H3. The number of ether oxygens (including phenoxy) is 1. The van der Waals surface area contributed by atoms with Crippen molar-refractivity contribution in [2.45, 2.75) is 24.5 Å². The van der Waals surface area contributed by atoms with E-state index in [0.717, 1.165) is 18.4 Å². The van der Waals surface area contributed by atoms with Crippen molar-refractivity contribution in [3.05, 3.63) is 12.2 Å². The van der Waals surface area contributed by atoms with Crippen LogP contribution in [0.25, 0.3) is 0 Å². The summed E-state index contributed by atoms with van der Waals surface area (Å²) in [6.45, 7) is 6.12. The van der Waals surface area contributed by atoms with Crippen LogP contribution < -0.4 is 0 Å². The summed E-state index contributed by atoms with van der Waals surface area (Å²) in [4.78, 5) is 11.4. The second-order valence-corrected chi connectivity index (χ2v) is 4.21. The van der Waals surface area contributed by atoms with Crippen molar-refractivity contribution in [1.82, 2.24) is 0 Å². The Balaban J connectivity index is 2.57. The number of carbonyl (C=O) groups excluding carboxylic acids is 1. The van der Waals surface area contributed by atoms with Crippen molar-refractivity contribution in [1.29, 1.82) is 0 Å². The Morgan fingerprint density at radius 1 is 1.75 bits per heavy atom. The number of hydrogen-bond acceptors (Lipinski definition) is 3. The van der Waals surface area contributed by atoms with E-state index in [1.165, 1.54) is 0 Å². The maximum Gasteiger partial charge on any atom is 0.322 e. The monoisotopic (exact) mass is 186 g/mol. The van der Waals surface area contributed by atoms with Gasteiger partial charge in [-0.1, -0.05) is 12.2 Å². The molecule has 0 amide bonds. The molecule has 0 aromatic carbocycles. The Morgan fingerprint density at radius 2 is 2.33 bits per heavy atom. The van der Waals surface area contributed by atoms with Crippen molar-refractivity contribution < 1.29 is 9.53 Å². The smallest absolute Gasteiger partial charge is 0.322 e. The molecule has 0 bridgehead atoms. The molecule has 0 N–H and O–H groups in total. The highest BCUT2D eigenvalue weighted by Gasteiger charge is 2.47. The van der Waals surface area contributed by atoms with Gasteiger partial charge < -0.3 is 4.74 Å². The number of thioether (sulfide) groups is 1. The Hall–Kier alpha value is -0.440. The van der Waals surface area contributed by atoms with E-state index in [1.54, 1.807) is 11.8 Å². The van der Waals surface area contributed by atoms with Gasteiger partial charge in [0, 0.05) is 0 Å². The van der Waals surface area contributed by atoms with Gasteiger partial charge >= 0.3 is 5.97 Å². The van der Waals surface area contributed by atoms with Gasteiger partial charge in [0.2, 0.25) is 0 Å². The summed E-state index contributed by atoms with van der Waals surface area (Å²) < 4.78 is 4.69. The van der Waals surface area contributed by atoms with Gasteiger partial charge in [-0.2, -0.15) is 0 Å². The predicted octanol–water partition coefficient (Wildman–Crippen LogP) is 2.00. The summed E-state index contributed by atoms with van der Waals surface area (Å²) in [5, 5.41) is 0. The molecule has 0 atom stereocenters. The first-order valence-electron chi connectivity index (χ1n) is 4.03. The van der Waals surface area contributed by atoms with Gasteiger partial charge in [-0.3, -0.25) is 4.79 Å². The van der Waals surface area contributed by atoms with Crippen LogP contribution >= 0.6 is 11.8 Å². The average molecular weight is 186 g/mol. The van der Waals surface area contributed by atoms with Gasteiger partial charge in [0.25, 0.3) is 0 Å². The third kappa shape index (κ3) is 1.51. The molecule has 2 nitrogen and oxygen atoms in total. The lowest BCUT2D eigenvalue weighted by molar-refractivity contribution is -0.147. The average Bonchev–Trinajstić information content (AvgIpc) is 1.98. The zero-order valence-electron chi connectivity index (χ0n) is 7.55. The second-order valence-electron chi connectivity index (χ2n) is 3.02. The van der Waals surface area contributed by atoms with E-state index < -0.39 is 0 Å². The molecule has 0 heterocycles. The summed E-state index contributed by atoms with van der Waals surface area (Å²) in [6, 6.07) is 0. The molecule has 1 fully saturated rings. The molecule has 0 aromatic heterocycles. The number of esters is 1. The third-order valence-corrected chi connectivity index (χ3v) is 3.35. The van der Waals surface area contributed by atoms with Gasteiger partial charge in [-0.15, -0.1) is 11.8 Å². The van der Waals surface area contributed by atoms with E-state index in [1.807, 2.05) is 13.2 Å². The zero-order chi connectivity index (χ0) is 9.19. The summed E-state index contributed by atoms with van der Waals surface area (Å²) >= 11 is 1.58. The van der Waals surface area contributed by atoms with Crippen molar-refractivity contribution >= 4 is 17.7 Å². The van der Waals surface area contributed by atoms with E-state index in [2.05, 4.69) is 6.58 Å². The lowest BCUT2D eigenvalue weighted by Crippen LogP contribution is -2.44. The minimum absolute atomic E-state index is 0.0788. The minimum Gasteiger partial charge on any atom is -0.465 e. The van der Waals surface area contributed by atoms with Crippen molar-refractivity contribution in [2.24, 2.45) is 0 Å². The SMILES string of the molecule is C=C1CC(SC)(C(=O)OCC)C1. The number of allylic oxidation sites excluding steroid dienone is 1. The van der Waals surface area contributed by atoms with E-state index in [-0.39, 0.29) is 10.7 Å². The van der Waals surface area contributed by atoms with Crippen LogP contribution in [-0.4, -0.2) is 23.6 Å². The molecule has 0 radical (unpaired) electrons. The molecule has 0 spiro atoms. The summed E-state index contributed by atoms with van der Waals surface area (Å²) in [5.74, 6) is -0.0788. The molecule has 0 unspecified atom stereocenters. The number of hydrogen-bond donors (Lipinski definition) is 0. The normalized spacial score (nSPS) is 20.0. The molecule has 3 heteroatoms. The minimum atomic E-state index is -0.299. The fraction of sp³-hybridized carbons (Fsp3) is 0.667. The van der Waals surface area contributed by atoms with E-state index in [9.17, 15) is 4.79 Å². The molecule has 1 rings (SSSR count). The van der Waals surface area contributed by atoms with Crippen molar-refractivity contribution in [2.75, 3.05) is 12.9 Å². The maximum absolute atomic E-state index is 11.4. The first kappa shape index (κ1) is 9.65. The molecule has 1 saturated carbocycles. The summed E-state index contributed by atoms with van der Waals surface area (Å²) in [7, 11) is 0. The Morgan fingerprint density at radius 3 is 2.67 bits per heavy atom. The van der Waals surface area contributed by atoms with E-state index in [4.69, 9.17) is 4.74 Å². The van der Waals surface area contributed by atoms with Crippen LogP contribution in [0.2, 0.25) is 0 Å². The van der Waals surface area contributed by atoms with E-state index >= 15 is 0 Å². The van der Waals surface area contributed by atoms with Gasteiger partial charge in [0.15, 0.2) is 0 Å². The Labute approximate surface area is 77.4 Å². The topological polar surface area (TPSA) is 26.3 Å². The molecular formula is C9H14O2S. The zero-order valence-corrected chi connectivity index (χ0v) is 8.37. The lowest BCUT2D eigenvalue weighted by atomic mass is 9.80. The fourth-order valence-corrected chi connectivity index (χ4v) is 2.31. The molecule has 1 aliphatic rings. The van der Waals surface area contributed by atoms with Crippen LogP contribution in [0.4, 0.5) is 0 Å². The number of rotatable bonds is 3. The quantitative estimate of drug-likeness (QED) is 0.498. The largest absolute Gasteiger partial charge is 0.465 e. The van der Waals surface area contributed by atoms with Crippen LogP contribution in [0.15, 0.2) is 12.2 Å². The summed E-state index contributed by atoms with van der Waals surface area (Å²) in [6.07, 6.45) is 3.52. The van der Waals surface area contributed by atoms with Gasteiger partial charge in [-0.05, 0) is 26.0 Å². The second kappa shape index (κ2) is 3.52. The molecule has 0 aliphatic heterocycles. The fourth-order valence-electron chi connectivity index (χ4n) is 1.39. The van der Waals surface area contributed by atoms with Gasteiger partial charge in [-0.25, -0.2) is 0 Å². The van der Waals surface area contributed by atoms with Crippen LogP contribution in [0, 0.1) is 0 Å². The van der Waals surface area contributed by atoms with Gasteiger partial charge in [0.05, 0.1) is 6.61 Å². The van der Waals surface area contributed by atoms with Crippen LogP contribution in [0.5, 0.6) is 0 Å². The molecule has 0 aromatic rings. The van der Waals surface area contributed by atoms with E-state index in [0.29, 0.717) is 6.61 Å². The highest BCUT2D eigenvalue weighted by Crippen LogP contribution is 2.46. The number of carbonyl (C=O) groups is 1. The first-order chi connectivity index (χ1) is 5.64. The lowest BCUT2D eigenvalue weighted by Gasteiger charge is -2.39. The van der Waals surface area contributed by atoms with Crippen LogP contribution in [0.1, 0.15) is 19.8 Å². The molecule has 0 saturated heterocycles. The highest BCUT2D eigenvalue weighted by atomic mass is 32.2. The van der Waals surface area contributed by atoms with Gasteiger partial charge in [0.1, 0.15) is 4.75 Å². The molecule has 68 valence electrons. The van der Waals surface area contributed by atoms with Crippen molar-refractivity contribution in [3.63, 3.8) is 0 Å². The predicted molar refractivity (Wildman–Crippen MR) is 51.3 cm³/mol. The first-order valence-corrected chi connectivity index (χ1v) is 5.26. The molecular weight excluding hydrogens is 172 g/mol. The Bertz CT molecular complexity index is 203.